The van der Waals surface area contributed by atoms with Crippen LogP contribution in [0.25, 0.3) is 0 Å². The van der Waals surface area contributed by atoms with Crippen molar-refractivity contribution < 1.29 is 29.7 Å². The molecule has 0 saturated heterocycles. The highest BCUT2D eigenvalue weighted by atomic mass is 16.4. The molecule has 0 aliphatic heterocycles. The second-order valence-corrected chi connectivity index (χ2v) is 3.30. The topological polar surface area (TPSA) is 112 Å². The standard InChI is InChI=1S/3C4H6O2.C3H4/c2*1-3(2)4(5)6;1-2-3-4(5)6;1-3-2/h2*1H2,2H3,(H,5,6);2-3H,1H3,(H,5,6);1H,2H3. The summed E-state index contributed by atoms with van der Waals surface area (Å²) in [6.07, 6.45) is 7.16. The fraction of sp³-hybridized carbons (Fsp3) is 0.267. The molecule has 6 nitrogen and oxygen atoms in total. The van der Waals surface area contributed by atoms with E-state index in [1.807, 2.05) is 0 Å². The number of rotatable bonds is 3. The van der Waals surface area contributed by atoms with Crippen LogP contribution < -0.4 is 0 Å². The number of carboxylic acids is 3. The van der Waals surface area contributed by atoms with E-state index in [4.69, 9.17) is 15.3 Å². The molecule has 3 N–H and O–H groups in total. The minimum Gasteiger partial charge on any atom is -0.478 e. The van der Waals surface area contributed by atoms with Gasteiger partial charge in [-0.1, -0.05) is 19.2 Å². The molecule has 0 amide bonds. The van der Waals surface area contributed by atoms with Crippen molar-refractivity contribution >= 4 is 17.9 Å². The molecule has 0 aromatic carbocycles. The van der Waals surface area contributed by atoms with Gasteiger partial charge in [0, 0.05) is 17.2 Å². The van der Waals surface area contributed by atoms with Gasteiger partial charge in [-0.25, -0.2) is 14.4 Å². The molecule has 0 bridgehead atoms. The highest BCUT2D eigenvalue weighted by molar-refractivity contribution is 5.85. The Labute approximate surface area is 125 Å². The van der Waals surface area contributed by atoms with E-state index in [2.05, 4.69) is 25.5 Å². The van der Waals surface area contributed by atoms with E-state index in [1.54, 1.807) is 13.8 Å². The first-order valence-electron chi connectivity index (χ1n) is 5.48. The van der Waals surface area contributed by atoms with E-state index in [0.29, 0.717) is 0 Å². The molecule has 0 atom stereocenters. The summed E-state index contributed by atoms with van der Waals surface area (Å²) in [5.74, 6) is -0.512. The van der Waals surface area contributed by atoms with Crippen LogP contribution >= 0.6 is 0 Å². The predicted molar refractivity (Wildman–Crippen MR) is 81.9 cm³/mol. The molecule has 0 aliphatic carbocycles. The summed E-state index contributed by atoms with van der Waals surface area (Å²) in [5, 5.41) is 23.6. The van der Waals surface area contributed by atoms with Crippen molar-refractivity contribution in [2.75, 3.05) is 0 Å². The number of hydrogen-bond donors (Lipinski definition) is 3. The minimum atomic E-state index is -0.935. The number of allylic oxidation sites excluding steroid dienone is 1. The number of hydrogen-bond acceptors (Lipinski definition) is 3. The SMILES string of the molecule is C#CC.C=C(C)C(=O)O.C=C(C)C(=O)O.CC=CC(=O)O. The largest absolute Gasteiger partial charge is 0.478 e. The van der Waals surface area contributed by atoms with Crippen molar-refractivity contribution in [1.82, 2.24) is 0 Å². The Hall–Kier alpha value is -2.81. The van der Waals surface area contributed by atoms with Crippen LogP contribution in [0.2, 0.25) is 0 Å². The minimum absolute atomic E-state index is 0.176. The van der Waals surface area contributed by atoms with Crippen LogP contribution in [0.15, 0.2) is 36.5 Å². The molecule has 0 fully saturated rings. The molecule has 0 aliphatic rings. The fourth-order valence-corrected chi connectivity index (χ4v) is 0.143. The van der Waals surface area contributed by atoms with Crippen LogP contribution in [0.5, 0.6) is 0 Å². The van der Waals surface area contributed by atoms with Crippen LogP contribution in [0.3, 0.4) is 0 Å². The van der Waals surface area contributed by atoms with Gasteiger partial charge < -0.3 is 15.3 Å². The van der Waals surface area contributed by atoms with Gasteiger partial charge in [0.05, 0.1) is 0 Å². The number of terminal acetylenes is 1. The number of carbonyl (C=O) groups is 3. The maximum Gasteiger partial charge on any atom is 0.330 e. The summed E-state index contributed by atoms with van der Waals surface area (Å²) in [4.78, 5) is 28.7. The molecular formula is C15H22O6. The lowest BCUT2D eigenvalue weighted by atomic mass is 10.4. The van der Waals surface area contributed by atoms with Crippen molar-refractivity contribution in [2.24, 2.45) is 0 Å². The Morgan fingerprint density at radius 1 is 1.00 bits per heavy atom. The fourth-order valence-electron chi connectivity index (χ4n) is 0.143. The molecule has 0 unspecified atom stereocenters. The van der Waals surface area contributed by atoms with Crippen molar-refractivity contribution in [3.63, 3.8) is 0 Å². The average molecular weight is 298 g/mol. The zero-order chi connectivity index (χ0) is 18.0. The molecule has 21 heavy (non-hydrogen) atoms. The second-order valence-electron chi connectivity index (χ2n) is 3.30. The summed E-state index contributed by atoms with van der Waals surface area (Å²) in [6, 6.07) is 0. The molecule has 6 heteroatoms. The Kier molecular flexibility index (Phi) is 24.8. The first-order valence-corrected chi connectivity index (χ1v) is 5.48. The molecular weight excluding hydrogens is 276 g/mol. The molecule has 0 saturated carbocycles. The van der Waals surface area contributed by atoms with Crippen LogP contribution in [0.1, 0.15) is 27.7 Å². The van der Waals surface area contributed by atoms with Gasteiger partial charge in [-0.2, -0.15) is 0 Å². The lowest BCUT2D eigenvalue weighted by Crippen LogP contribution is -1.92. The Morgan fingerprint density at radius 3 is 1.19 bits per heavy atom. The highest BCUT2D eigenvalue weighted by Crippen LogP contribution is 1.81. The molecule has 0 radical (unpaired) electrons. The second kappa shape index (κ2) is 19.5. The molecule has 0 aromatic rings. The number of carboxylic acid groups (broad SMARTS) is 3. The van der Waals surface area contributed by atoms with Gasteiger partial charge in [0.15, 0.2) is 0 Å². The summed E-state index contributed by atoms with van der Waals surface area (Å²) >= 11 is 0. The van der Waals surface area contributed by atoms with Gasteiger partial charge in [-0.05, 0) is 27.7 Å². The van der Waals surface area contributed by atoms with Crippen LogP contribution in [-0.2, 0) is 14.4 Å². The monoisotopic (exact) mass is 298 g/mol. The van der Waals surface area contributed by atoms with E-state index < -0.39 is 17.9 Å². The Morgan fingerprint density at radius 2 is 1.19 bits per heavy atom. The third kappa shape index (κ3) is 59.1. The lowest BCUT2D eigenvalue weighted by molar-refractivity contribution is -0.133. The molecule has 0 rings (SSSR count). The van der Waals surface area contributed by atoms with Crippen LogP contribution in [-0.4, -0.2) is 33.2 Å². The van der Waals surface area contributed by atoms with Gasteiger partial charge >= 0.3 is 17.9 Å². The maximum absolute atomic E-state index is 9.60. The average Bonchev–Trinajstić information content (AvgIpc) is 2.30. The summed E-state index contributed by atoms with van der Waals surface area (Å²) in [7, 11) is 0. The Balaban J connectivity index is -0.0000000944. The maximum atomic E-state index is 9.60. The molecule has 0 heterocycles. The van der Waals surface area contributed by atoms with Gasteiger partial charge in [-0.15, -0.1) is 12.3 Å². The van der Waals surface area contributed by atoms with Crippen LogP contribution in [0, 0.1) is 12.3 Å². The van der Waals surface area contributed by atoms with Gasteiger partial charge in [-0.3, -0.25) is 0 Å². The third-order valence-electron chi connectivity index (χ3n) is 1.04. The van der Waals surface area contributed by atoms with Crippen LogP contribution in [0.4, 0.5) is 0 Å². The van der Waals surface area contributed by atoms with E-state index in [1.165, 1.54) is 19.9 Å². The summed E-state index contributed by atoms with van der Waals surface area (Å²) < 4.78 is 0. The Bertz CT molecular complexity index is 376. The van der Waals surface area contributed by atoms with Gasteiger partial charge in [0.2, 0.25) is 0 Å². The van der Waals surface area contributed by atoms with Crippen molar-refractivity contribution in [3.8, 4) is 12.3 Å². The smallest absolute Gasteiger partial charge is 0.330 e. The molecule has 0 aromatic heterocycles. The van der Waals surface area contributed by atoms with E-state index in [0.717, 1.165) is 6.08 Å². The van der Waals surface area contributed by atoms with E-state index >= 15 is 0 Å². The summed E-state index contributed by atoms with van der Waals surface area (Å²) in [6.45, 7) is 12.5. The predicted octanol–water partition coefficient (Wildman–Crippen LogP) is 2.58. The summed E-state index contributed by atoms with van der Waals surface area (Å²) in [5.41, 5.74) is 0.352. The van der Waals surface area contributed by atoms with Crippen molar-refractivity contribution in [2.45, 2.75) is 27.7 Å². The number of aliphatic carboxylic acids is 3. The third-order valence-corrected chi connectivity index (χ3v) is 1.04. The molecule has 0 spiro atoms. The lowest BCUT2D eigenvalue weighted by Gasteiger charge is -1.79. The van der Waals surface area contributed by atoms with Gasteiger partial charge in [0.25, 0.3) is 0 Å². The van der Waals surface area contributed by atoms with E-state index in [-0.39, 0.29) is 11.1 Å². The zero-order valence-electron chi connectivity index (χ0n) is 12.7. The zero-order valence-corrected chi connectivity index (χ0v) is 12.7. The first-order chi connectivity index (χ1) is 9.47. The van der Waals surface area contributed by atoms with Crippen molar-refractivity contribution in [1.29, 1.82) is 0 Å². The highest BCUT2D eigenvalue weighted by Gasteiger charge is 1.90. The quantitative estimate of drug-likeness (QED) is 0.545. The van der Waals surface area contributed by atoms with E-state index in [9.17, 15) is 14.4 Å². The first kappa shape index (κ1) is 26.7. The molecule has 118 valence electrons. The van der Waals surface area contributed by atoms with Crippen molar-refractivity contribution in [3.05, 3.63) is 36.5 Å². The normalized spacial score (nSPS) is 7.38. The van der Waals surface area contributed by atoms with Gasteiger partial charge in [0.1, 0.15) is 0 Å².